The molecule has 0 aliphatic carbocycles. The Labute approximate surface area is 106 Å². The van der Waals surface area contributed by atoms with E-state index in [1.165, 1.54) is 11.8 Å². The van der Waals surface area contributed by atoms with Gasteiger partial charge in [-0.25, -0.2) is 4.98 Å². The molecule has 2 nitrogen and oxygen atoms in total. The lowest BCUT2D eigenvalue weighted by molar-refractivity contribution is 1.13. The van der Waals surface area contributed by atoms with Crippen LogP contribution in [0.15, 0.2) is 57.0 Å². The zero-order chi connectivity index (χ0) is 11.4. The highest BCUT2D eigenvalue weighted by atomic mass is 79.9. The van der Waals surface area contributed by atoms with Crippen molar-refractivity contribution in [2.75, 3.05) is 0 Å². The molecule has 0 aliphatic rings. The number of hydrogen-bond donors (Lipinski definition) is 0. The Morgan fingerprint density at radius 3 is 2.81 bits per heavy atom. The van der Waals surface area contributed by atoms with Gasteiger partial charge in [-0.05, 0) is 30.3 Å². The van der Waals surface area contributed by atoms with E-state index in [9.17, 15) is 0 Å². The van der Waals surface area contributed by atoms with Gasteiger partial charge in [-0.2, -0.15) is 5.26 Å². The van der Waals surface area contributed by atoms with Crippen LogP contribution in [0.5, 0.6) is 0 Å². The van der Waals surface area contributed by atoms with Gasteiger partial charge in [0.25, 0.3) is 0 Å². The maximum atomic E-state index is 8.86. The fourth-order valence-electron chi connectivity index (χ4n) is 1.21. The molecule has 0 radical (unpaired) electrons. The molecule has 2 rings (SSSR count). The van der Waals surface area contributed by atoms with Crippen molar-refractivity contribution in [3.8, 4) is 6.07 Å². The van der Waals surface area contributed by atoms with E-state index in [0.29, 0.717) is 5.56 Å². The first-order chi connectivity index (χ1) is 7.78. The molecule has 16 heavy (non-hydrogen) atoms. The smallest absolute Gasteiger partial charge is 0.101 e. The largest absolute Gasteiger partial charge is 0.250 e. The first kappa shape index (κ1) is 11.2. The minimum absolute atomic E-state index is 0.646. The lowest BCUT2D eigenvalue weighted by atomic mass is 10.2. The second kappa shape index (κ2) is 5.15. The average molecular weight is 291 g/mol. The van der Waals surface area contributed by atoms with Crippen molar-refractivity contribution in [1.29, 1.82) is 5.26 Å². The van der Waals surface area contributed by atoms with Gasteiger partial charge in [-0.3, -0.25) is 0 Å². The Balaban J connectivity index is 2.29. The summed E-state index contributed by atoms with van der Waals surface area (Å²) in [6.45, 7) is 0. The van der Waals surface area contributed by atoms with Crippen LogP contribution in [0.4, 0.5) is 0 Å². The van der Waals surface area contributed by atoms with Crippen molar-refractivity contribution in [2.45, 2.75) is 9.92 Å². The summed E-state index contributed by atoms with van der Waals surface area (Å²) >= 11 is 4.92. The summed E-state index contributed by atoms with van der Waals surface area (Å²) in [5.41, 5.74) is 0.646. The molecule has 78 valence electrons. The number of halogens is 1. The third kappa shape index (κ3) is 2.84. The summed E-state index contributed by atoms with van der Waals surface area (Å²) in [4.78, 5) is 5.23. The fraction of sp³-hybridized carbons (Fsp3) is 0. The number of aromatic nitrogens is 1. The number of benzene rings is 1. The van der Waals surface area contributed by atoms with Gasteiger partial charge in [0.2, 0.25) is 0 Å². The van der Waals surface area contributed by atoms with Crippen LogP contribution in [-0.4, -0.2) is 4.98 Å². The van der Waals surface area contributed by atoms with E-state index in [4.69, 9.17) is 5.26 Å². The van der Waals surface area contributed by atoms with Gasteiger partial charge in [-0.1, -0.05) is 33.8 Å². The van der Waals surface area contributed by atoms with Gasteiger partial charge in [0.15, 0.2) is 0 Å². The summed E-state index contributed by atoms with van der Waals surface area (Å²) in [5.74, 6) is 0. The highest BCUT2D eigenvalue weighted by Crippen LogP contribution is 2.29. The van der Waals surface area contributed by atoms with Gasteiger partial charge < -0.3 is 0 Å². The van der Waals surface area contributed by atoms with E-state index in [0.717, 1.165) is 14.4 Å². The lowest BCUT2D eigenvalue weighted by Crippen LogP contribution is -1.80. The zero-order valence-electron chi connectivity index (χ0n) is 8.22. The van der Waals surface area contributed by atoms with Crippen LogP contribution in [0, 0.1) is 11.3 Å². The van der Waals surface area contributed by atoms with Crippen molar-refractivity contribution in [3.63, 3.8) is 0 Å². The van der Waals surface area contributed by atoms with E-state index >= 15 is 0 Å². The Morgan fingerprint density at radius 1 is 1.25 bits per heavy atom. The van der Waals surface area contributed by atoms with E-state index in [-0.39, 0.29) is 0 Å². The molecule has 0 unspecified atom stereocenters. The van der Waals surface area contributed by atoms with Crippen LogP contribution in [0.25, 0.3) is 0 Å². The quantitative estimate of drug-likeness (QED) is 0.842. The molecule has 4 heteroatoms. The predicted octanol–water partition coefficient (Wildman–Crippen LogP) is 3.87. The molecule has 0 spiro atoms. The molecule has 2 aromatic rings. The van der Waals surface area contributed by atoms with Crippen molar-refractivity contribution in [3.05, 3.63) is 52.6 Å². The van der Waals surface area contributed by atoms with Gasteiger partial charge in [0.1, 0.15) is 5.03 Å². The van der Waals surface area contributed by atoms with Crippen LogP contribution >= 0.6 is 27.7 Å². The van der Waals surface area contributed by atoms with Crippen LogP contribution in [-0.2, 0) is 0 Å². The molecule has 0 saturated carbocycles. The van der Waals surface area contributed by atoms with Gasteiger partial charge in [-0.15, -0.1) is 0 Å². The van der Waals surface area contributed by atoms with Gasteiger partial charge in [0.05, 0.1) is 11.6 Å². The molecule has 0 N–H and O–H groups in total. The molecule has 0 aliphatic heterocycles. The van der Waals surface area contributed by atoms with E-state index in [1.807, 2.05) is 30.3 Å². The Hall–Kier alpha value is -1.31. The number of hydrogen-bond acceptors (Lipinski definition) is 3. The topological polar surface area (TPSA) is 36.7 Å². The summed E-state index contributed by atoms with van der Waals surface area (Å²) in [6.07, 6.45) is 1.76. The number of nitrogens with zero attached hydrogens (tertiary/aromatic N) is 2. The molecule has 1 aromatic carbocycles. The summed E-state index contributed by atoms with van der Waals surface area (Å²) < 4.78 is 0.907. The SMILES string of the molecule is N#Cc1cc(Br)cc(Sc2ccccn2)c1. The first-order valence-corrected chi connectivity index (χ1v) is 6.18. The Bertz CT molecular complexity index is 534. The van der Waals surface area contributed by atoms with Crippen LogP contribution in [0.3, 0.4) is 0 Å². The number of rotatable bonds is 2. The van der Waals surface area contributed by atoms with Crippen LogP contribution < -0.4 is 0 Å². The van der Waals surface area contributed by atoms with Crippen molar-refractivity contribution in [1.82, 2.24) is 4.98 Å². The number of nitriles is 1. The molecule has 1 aromatic heterocycles. The highest BCUT2D eigenvalue weighted by Gasteiger charge is 2.01. The maximum Gasteiger partial charge on any atom is 0.101 e. The average Bonchev–Trinajstić information content (AvgIpc) is 2.29. The van der Waals surface area contributed by atoms with Gasteiger partial charge >= 0.3 is 0 Å². The van der Waals surface area contributed by atoms with Crippen molar-refractivity contribution < 1.29 is 0 Å². The summed E-state index contributed by atoms with van der Waals surface area (Å²) in [6, 6.07) is 13.5. The third-order valence-electron chi connectivity index (χ3n) is 1.86. The Morgan fingerprint density at radius 2 is 2.12 bits per heavy atom. The minimum atomic E-state index is 0.646. The number of pyridine rings is 1. The molecule has 0 bridgehead atoms. The second-order valence-corrected chi connectivity index (χ2v) is 5.07. The molecular weight excluding hydrogens is 284 g/mol. The highest BCUT2D eigenvalue weighted by molar-refractivity contribution is 9.10. The van der Waals surface area contributed by atoms with E-state index < -0.39 is 0 Å². The molecule has 1 heterocycles. The third-order valence-corrected chi connectivity index (χ3v) is 3.24. The van der Waals surface area contributed by atoms with Crippen LogP contribution in [0.2, 0.25) is 0 Å². The predicted molar refractivity (Wildman–Crippen MR) is 67.2 cm³/mol. The zero-order valence-corrected chi connectivity index (χ0v) is 10.6. The van der Waals surface area contributed by atoms with Crippen LogP contribution in [0.1, 0.15) is 5.56 Å². The van der Waals surface area contributed by atoms with E-state index in [2.05, 4.69) is 27.0 Å². The molecular formula is C12H7BrN2S. The Kier molecular flexibility index (Phi) is 3.60. The fourth-order valence-corrected chi connectivity index (χ4v) is 2.73. The molecule has 0 saturated heterocycles. The second-order valence-electron chi connectivity index (χ2n) is 3.06. The lowest BCUT2D eigenvalue weighted by Gasteiger charge is -2.01. The van der Waals surface area contributed by atoms with Gasteiger partial charge in [0, 0.05) is 15.6 Å². The first-order valence-electron chi connectivity index (χ1n) is 4.57. The molecule has 0 amide bonds. The van der Waals surface area contributed by atoms with E-state index in [1.54, 1.807) is 12.3 Å². The summed E-state index contributed by atoms with van der Waals surface area (Å²) in [7, 11) is 0. The minimum Gasteiger partial charge on any atom is -0.250 e. The van der Waals surface area contributed by atoms with Crippen molar-refractivity contribution in [2.24, 2.45) is 0 Å². The monoisotopic (exact) mass is 290 g/mol. The maximum absolute atomic E-state index is 8.86. The molecule has 0 atom stereocenters. The van der Waals surface area contributed by atoms with Crippen molar-refractivity contribution >= 4 is 27.7 Å². The standard InChI is InChI=1S/C12H7BrN2S/c13-10-5-9(8-14)6-11(7-10)16-12-3-1-2-4-15-12/h1-7H. The normalized spacial score (nSPS) is 9.75. The molecule has 0 fully saturated rings. The summed E-state index contributed by atoms with van der Waals surface area (Å²) in [5, 5.41) is 9.78.